The van der Waals surface area contributed by atoms with Gasteiger partial charge < -0.3 is 4.74 Å². The summed E-state index contributed by atoms with van der Waals surface area (Å²) in [6.45, 7) is 4.67. The van der Waals surface area contributed by atoms with Crippen molar-refractivity contribution >= 4 is 17.7 Å². The predicted molar refractivity (Wildman–Crippen MR) is 119 cm³/mol. The lowest BCUT2D eigenvalue weighted by atomic mass is 9.99. The van der Waals surface area contributed by atoms with Crippen LogP contribution in [0.15, 0.2) is 66.1 Å². The summed E-state index contributed by atoms with van der Waals surface area (Å²) in [6, 6.07) is 18.6. The van der Waals surface area contributed by atoms with Crippen molar-refractivity contribution in [2.45, 2.75) is 23.0 Å². The van der Waals surface area contributed by atoms with Crippen molar-refractivity contribution in [2.24, 2.45) is 0 Å². The zero-order valence-corrected chi connectivity index (χ0v) is 18.2. The Kier molecular flexibility index (Phi) is 5.76. The molecule has 7 nitrogen and oxygen atoms in total. The monoisotopic (exact) mass is 435 g/mol. The quantitative estimate of drug-likeness (QED) is 0.590. The zero-order chi connectivity index (χ0) is 21.2. The van der Waals surface area contributed by atoms with Gasteiger partial charge in [-0.15, -0.1) is 0 Å². The first-order chi connectivity index (χ1) is 15.2. The van der Waals surface area contributed by atoms with E-state index in [9.17, 15) is 4.79 Å². The minimum absolute atomic E-state index is 0.00275. The van der Waals surface area contributed by atoms with Gasteiger partial charge in [-0.1, -0.05) is 54.2 Å². The van der Waals surface area contributed by atoms with E-state index in [1.807, 2.05) is 18.2 Å². The molecule has 2 aliphatic rings. The maximum Gasteiger partial charge on any atom is 0.264 e. The fourth-order valence-electron chi connectivity index (χ4n) is 4.39. The largest absolute Gasteiger partial charge is 0.497 e. The van der Waals surface area contributed by atoms with Gasteiger partial charge in [-0.3, -0.25) is 14.6 Å². The summed E-state index contributed by atoms with van der Waals surface area (Å²) < 4.78 is 6.90. The van der Waals surface area contributed by atoms with Crippen molar-refractivity contribution in [3.8, 4) is 5.75 Å². The SMILES string of the molecule is COc1cccc(C(C2Sc3ncnn3C2=O)N2CCN(Cc3ccccc3)CC2)c1. The van der Waals surface area contributed by atoms with Crippen LogP contribution in [0.1, 0.15) is 22.0 Å². The summed E-state index contributed by atoms with van der Waals surface area (Å²) in [5, 5.41) is 4.52. The Morgan fingerprint density at radius 1 is 1.10 bits per heavy atom. The number of piperazine rings is 1. The van der Waals surface area contributed by atoms with Crippen LogP contribution in [-0.4, -0.2) is 69.0 Å². The van der Waals surface area contributed by atoms with Crippen molar-refractivity contribution in [3.63, 3.8) is 0 Å². The van der Waals surface area contributed by atoms with Crippen LogP contribution in [-0.2, 0) is 6.54 Å². The molecule has 2 aromatic carbocycles. The molecule has 2 unspecified atom stereocenters. The minimum atomic E-state index is -0.274. The molecular weight excluding hydrogens is 410 g/mol. The van der Waals surface area contributed by atoms with E-state index in [0.29, 0.717) is 5.16 Å². The van der Waals surface area contributed by atoms with Gasteiger partial charge in [0.25, 0.3) is 5.91 Å². The van der Waals surface area contributed by atoms with Gasteiger partial charge in [0, 0.05) is 32.7 Å². The molecule has 0 saturated carbocycles. The molecule has 31 heavy (non-hydrogen) atoms. The number of carbonyl (C=O) groups is 1. The molecule has 0 aliphatic carbocycles. The third kappa shape index (κ3) is 4.11. The number of nitrogens with zero attached hydrogens (tertiary/aromatic N) is 5. The Bertz CT molecular complexity index is 1050. The van der Waals surface area contributed by atoms with Crippen molar-refractivity contribution in [2.75, 3.05) is 33.3 Å². The average molecular weight is 436 g/mol. The molecule has 5 rings (SSSR count). The Hall–Kier alpha value is -2.68. The van der Waals surface area contributed by atoms with Gasteiger partial charge in [0.1, 0.15) is 17.3 Å². The second-order valence-corrected chi connectivity index (χ2v) is 8.96. The molecule has 8 heteroatoms. The molecule has 160 valence electrons. The van der Waals surface area contributed by atoms with Crippen LogP contribution >= 0.6 is 11.8 Å². The molecule has 3 aromatic rings. The van der Waals surface area contributed by atoms with Crippen LogP contribution in [0, 0.1) is 0 Å². The number of aromatic nitrogens is 3. The summed E-state index contributed by atoms with van der Waals surface area (Å²) in [4.78, 5) is 22.3. The highest BCUT2D eigenvalue weighted by atomic mass is 32.2. The Morgan fingerprint density at radius 3 is 2.65 bits per heavy atom. The molecule has 0 bridgehead atoms. The first kappa shape index (κ1) is 20.2. The number of benzene rings is 2. The van der Waals surface area contributed by atoms with Crippen LogP contribution in [0.4, 0.5) is 0 Å². The first-order valence-electron chi connectivity index (χ1n) is 10.5. The van der Waals surface area contributed by atoms with Crippen LogP contribution in [0.5, 0.6) is 5.75 Å². The van der Waals surface area contributed by atoms with Crippen LogP contribution < -0.4 is 4.74 Å². The highest BCUT2D eigenvalue weighted by Crippen LogP contribution is 2.41. The van der Waals surface area contributed by atoms with Gasteiger partial charge in [-0.25, -0.2) is 4.98 Å². The lowest BCUT2D eigenvalue weighted by molar-refractivity contribution is 0.0715. The average Bonchev–Trinajstić information content (AvgIpc) is 3.39. The predicted octanol–water partition coefficient (Wildman–Crippen LogP) is 2.96. The second kappa shape index (κ2) is 8.82. The molecule has 0 N–H and O–H groups in total. The van der Waals surface area contributed by atoms with Gasteiger partial charge in [0.2, 0.25) is 0 Å². The number of methoxy groups -OCH3 is 1. The fraction of sp³-hybridized carbons (Fsp3) is 0.348. The molecule has 1 saturated heterocycles. The second-order valence-electron chi connectivity index (χ2n) is 7.85. The Morgan fingerprint density at radius 2 is 1.90 bits per heavy atom. The molecule has 1 aromatic heterocycles. The fourth-order valence-corrected chi connectivity index (χ4v) is 5.62. The Labute approximate surface area is 186 Å². The van der Waals surface area contributed by atoms with E-state index in [4.69, 9.17) is 4.74 Å². The lowest BCUT2D eigenvalue weighted by Crippen LogP contribution is -2.50. The summed E-state index contributed by atoms with van der Waals surface area (Å²) in [5.41, 5.74) is 2.42. The summed E-state index contributed by atoms with van der Waals surface area (Å²) >= 11 is 1.51. The van der Waals surface area contributed by atoms with Crippen LogP contribution in [0.2, 0.25) is 0 Å². The van der Waals surface area contributed by atoms with E-state index in [2.05, 4.69) is 56.3 Å². The van der Waals surface area contributed by atoms with Crippen LogP contribution in [0.3, 0.4) is 0 Å². The normalized spacial score (nSPS) is 20.5. The first-order valence-corrected chi connectivity index (χ1v) is 11.4. The number of hydrogen-bond donors (Lipinski definition) is 0. The number of ether oxygens (including phenoxy) is 1. The molecule has 1 fully saturated rings. The van der Waals surface area contributed by atoms with E-state index in [1.165, 1.54) is 28.3 Å². The minimum Gasteiger partial charge on any atom is -0.497 e. The van der Waals surface area contributed by atoms with Gasteiger partial charge in [0.05, 0.1) is 13.2 Å². The number of hydrogen-bond acceptors (Lipinski definition) is 7. The van der Waals surface area contributed by atoms with E-state index in [0.717, 1.165) is 44.0 Å². The zero-order valence-electron chi connectivity index (χ0n) is 17.4. The smallest absolute Gasteiger partial charge is 0.264 e. The van der Waals surface area contributed by atoms with Gasteiger partial charge in [0.15, 0.2) is 5.16 Å². The topological polar surface area (TPSA) is 63.5 Å². The molecule has 3 heterocycles. The van der Waals surface area contributed by atoms with E-state index in [-0.39, 0.29) is 17.2 Å². The third-order valence-electron chi connectivity index (χ3n) is 5.97. The molecule has 0 amide bonds. The third-order valence-corrected chi connectivity index (χ3v) is 7.17. The van der Waals surface area contributed by atoms with E-state index >= 15 is 0 Å². The molecular formula is C23H25N5O2S. The molecule has 0 radical (unpaired) electrons. The number of carbonyl (C=O) groups excluding carboxylic acids is 1. The summed E-state index contributed by atoms with van der Waals surface area (Å²) in [6.07, 6.45) is 1.44. The van der Waals surface area contributed by atoms with Crippen molar-refractivity contribution in [3.05, 3.63) is 72.1 Å². The van der Waals surface area contributed by atoms with Gasteiger partial charge in [-0.05, 0) is 23.3 Å². The Balaban J connectivity index is 1.36. The number of thioether (sulfide) groups is 1. The van der Waals surface area contributed by atoms with E-state index in [1.54, 1.807) is 7.11 Å². The standard InChI is InChI=1S/C23H25N5O2S/c1-30-19-9-5-8-18(14-19)20(21-22(29)28-23(31-21)24-16-25-28)27-12-10-26(11-13-27)15-17-6-3-2-4-7-17/h2-9,14,16,20-21H,10-13,15H2,1H3. The molecule has 0 spiro atoms. The maximum atomic E-state index is 13.1. The van der Waals surface area contributed by atoms with Crippen molar-refractivity contribution in [1.82, 2.24) is 24.6 Å². The van der Waals surface area contributed by atoms with E-state index < -0.39 is 0 Å². The molecule has 2 aliphatic heterocycles. The number of rotatable bonds is 6. The number of fused-ring (bicyclic) bond motifs is 1. The van der Waals surface area contributed by atoms with Gasteiger partial charge >= 0.3 is 0 Å². The van der Waals surface area contributed by atoms with Gasteiger partial charge in [-0.2, -0.15) is 9.78 Å². The highest BCUT2D eigenvalue weighted by molar-refractivity contribution is 8.00. The highest BCUT2D eigenvalue weighted by Gasteiger charge is 2.43. The van der Waals surface area contributed by atoms with Crippen molar-refractivity contribution < 1.29 is 9.53 Å². The van der Waals surface area contributed by atoms with Crippen molar-refractivity contribution in [1.29, 1.82) is 0 Å². The maximum absolute atomic E-state index is 13.1. The molecule has 2 atom stereocenters. The lowest BCUT2D eigenvalue weighted by Gasteiger charge is -2.41. The van der Waals surface area contributed by atoms with Crippen LogP contribution in [0.25, 0.3) is 0 Å². The summed E-state index contributed by atoms with van der Waals surface area (Å²) in [5.74, 6) is 0.800. The summed E-state index contributed by atoms with van der Waals surface area (Å²) in [7, 11) is 1.67.